The van der Waals surface area contributed by atoms with Gasteiger partial charge in [-0.05, 0) is 62.9 Å². The molecule has 0 bridgehead atoms. The molecule has 1 saturated carbocycles. The monoisotopic (exact) mass is 653 g/mol. The summed E-state index contributed by atoms with van der Waals surface area (Å²) in [5.41, 5.74) is -1.84. The maximum absolute atomic E-state index is 13.1. The number of hydrogen-bond donors (Lipinski definition) is 3. The molecule has 0 unspecified atom stereocenters. The molecule has 3 aromatic rings. The minimum atomic E-state index is -5.08. The number of carbonyl (C=O) groups is 2. The van der Waals surface area contributed by atoms with Crippen LogP contribution in [0.5, 0.6) is 0 Å². The van der Waals surface area contributed by atoms with Gasteiger partial charge < -0.3 is 20.6 Å². The SMILES string of the molecule is Cc1ccc2nc(NC3CCC(NC(=O)c4cc(C(F)(F)F)cc(C(F)(F)F)c4)CC3)nc(N(C)C)c2c1.O=C(O)C(F)(F)F. The number of aryl methyl sites for hydroxylation is 1. The summed E-state index contributed by atoms with van der Waals surface area (Å²) < 4.78 is 111. The van der Waals surface area contributed by atoms with E-state index in [0.29, 0.717) is 43.8 Å². The summed E-state index contributed by atoms with van der Waals surface area (Å²) in [5, 5.41) is 14.0. The first kappa shape index (κ1) is 35.2. The van der Waals surface area contributed by atoms with Crippen LogP contribution in [0.15, 0.2) is 36.4 Å². The highest BCUT2D eigenvalue weighted by atomic mass is 19.4. The Balaban J connectivity index is 0.000000707. The van der Waals surface area contributed by atoms with Crippen LogP contribution in [0, 0.1) is 6.92 Å². The summed E-state index contributed by atoms with van der Waals surface area (Å²) in [6, 6.07) is 6.41. The molecule has 0 spiro atoms. The first-order valence-electron chi connectivity index (χ1n) is 13.3. The number of aliphatic carboxylic acids is 1. The molecular weight excluding hydrogens is 625 g/mol. The molecule has 17 heteroatoms. The lowest BCUT2D eigenvalue weighted by Crippen LogP contribution is -2.40. The van der Waals surface area contributed by atoms with E-state index >= 15 is 0 Å². The lowest BCUT2D eigenvalue weighted by atomic mass is 9.91. The van der Waals surface area contributed by atoms with E-state index in [2.05, 4.69) is 20.6 Å². The minimum Gasteiger partial charge on any atom is -0.475 e. The molecule has 1 heterocycles. The van der Waals surface area contributed by atoms with Crippen LogP contribution < -0.4 is 15.5 Å². The molecule has 0 atom stereocenters. The van der Waals surface area contributed by atoms with E-state index in [-0.39, 0.29) is 18.2 Å². The third-order valence-corrected chi connectivity index (χ3v) is 6.74. The number of nitrogens with zero attached hydrogens (tertiary/aromatic N) is 3. The average molecular weight is 654 g/mol. The van der Waals surface area contributed by atoms with Crippen LogP contribution in [0.1, 0.15) is 52.7 Å². The summed E-state index contributed by atoms with van der Waals surface area (Å²) in [5.74, 6) is -2.50. The van der Waals surface area contributed by atoms with Crippen molar-refractivity contribution >= 4 is 34.5 Å². The number of amides is 1. The second-order valence-electron chi connectivity index (χ2n) is 10.5. The molecule has 3 N–H and O–H groups in total. The number of halogens is 9. The predicted octanol–water partition coefficient (Wildman–Crippen LogP) is 6.83. The Morgan fingerprint density at radius 3 is 1.80 bits per heavy atom. The fourth-order valence-corrected chi connectivity index (χ4v) is 4.55. The maximum Gasteiger partial charge on any atom is 0.490 e. The van der Waals surface area contributed by atoms with Gasteiger partial charge in [0.05, 0.1) is 16.6 Å². The molecule has 2 aromatic carbocycles. The molecule has 1 aliphatic carbocycles. The highest BCUT2D eigenvalue weighted by molar-refractivity contribution is 5.95. The van der Waals surface area contributed by atoms with Crippen LogP contribution in [-0.4, -0.2) is 59.3 Å². The number of hydrogen-bond acceptors (Lipinski definition) is 6. The molecule has 1 aromatic heterocycles. The van der Waals surface area contributed by atoms with Crippen molar-refractivity contribution in [3.63, 3.8) is 0 Å². The first-order valence-corrected chi connectivity index (χ1v) is 13.3. The number of nitrogens with one attached hydrogen (secondary N) is 2. The molecule has 1 fully saturated rings. The lowest BCUT2D eigenvalue weighted by Gasteiger charge is -2.30. The number of carboxylic acids is 1. The van der Waals surface area contributed by atoms with Crippen molar-refractivity contribution in [3.05, 3.63) is 58.7 Å². The summed E-state index contributed by atoms with van der Waals surface area (Å²) in [7, 11) is 3.79. The van der Waals surface area contributed by atoms with Gasteiger partial charge in [0.25, 0.3) is 5.91 Å². The van der Waals surface area contributed by atoms with Crippen LogP contribution in [0.25, 0.3) is 10.9 Å². The summed E-state index contributed by atoms with van der Waals surface area (Å²) in [6.45, 7) is 1.99. The van der Waals surface area contributed by atoms with Gasteiger partial charge in [-0.15, -0.1) is 0 Å². The molecule has 8 nitrogen and oxygen atoms in total. The maximum atomic E-state index is 13.1. The highest BCUT2D eigenvalue weighted by Crippen LogP contribution is 2.36. The van der Waals surface area contributed by atoms with E-state index in [1.807, 2.05) is 44.1 Å². The van der Waals surface area contributed by atoms with Crippen molar-refractivity contribution in [1.82, 2.24) is 15.3 Å². The van der Waals surface area contributed by atoms with Gasteiger partial charge in [-0.2, -0.15) is 44.5 Å². The molecule has 0 radical (unpaired) electrons. The zero-order chi connectivity index (χ0) is 33.9. The second-order valence-corrected chi connectivity index (χ2v) is 10.5. The van der Waals surface area contributed by atoms with Crippen LogP contribution in [0.4, 0.5) is 51.3 Å². The lowest BCUT2D eigenvalue weighted by molar-refractivity contribution is -0.192. The fraction of sp³-hybridized carbons (Fsp3) is 0.429. The fourth-order valence-electron chi connectivity index (χ4n) is 4.55. The van der Waals surface area contributed by atoms with E-state index in [9.17, 15) is 44.3 Å². The number of anilines is 2. The zero-order valence-electron chi connectivity index (χ0n) is 24.0. The number of fused-ring (bicyclic) bond motifs is 1. The first-order chi connectivity index (χ1) is 20.6. The standard InChI is InChI=1S/C26H27F6N5O.C2HF3O2/c1-14-4-9-21-20(10-14)22(37(2)3)36-24(35-21)34-19-7-5-18(6-8-19)33-23(38)15-11-16(25(27,28)29)13-17(12-15)26(30,31)32;3-2(4,5)1(6)7/h4,9-13,18-19H,5-8H2,1-3H3,(H,33,38)(H,34,35,36);(H,6,7). The highest BCUT2D eigenvalue weighted by Gasteiger charge is 2.39. The van der Waals surface area contributed by atoms with Crippen molar-refractivity contribution in [3.8, 4) is 0 Å². The summed E-state index contributed by atoms with van der Waals surface area (Å²) in [4.78, 5) is 32.7. The number of carbonyl (C=O) groups excluding carboxylic acids is 1. The number of aromatic nitrogens is 2. The molecule has 246 valence electrons. The van der Waals surface area contributed by atoms with Crippen molar-refractivity contribution in [2.45, 2.75) is 63.2 Å². The number of alkyl halides is 9. The third-order valence-electron chi connectivity index (χ3n) is 6.74. The number of rotatable bonds is 5. The van der Waals surface area contributed by atoms with Crippen molar-refractivity contribution in [1.29, 1.82) is 0 Å². The van der Waals surface area contributed by atoms with Crippen molar-refractivity contribution in [2.75, 3.05) is 24.3 Å². The zero-order valence-corrected chi connectivity index (χ0v) is 24.0. The Labute approximate surface area is 250 Å². The Bertz CT molecular complexity index is 1500. The van der Waals surface area contributed by atoms with E-state index in [1.165, 1.54) is 0 Å². The van der Waals surface area contributed by atoms with Gasteiger partial charge >= 0.3 is 24.5 Å². The van der Waals surface area contributed by atoms with Gasteiger partial charge in [0.1, 0.15) is 5.82 Å². The van der Waals surface area contributed by atoms with E-state index in [4.69, 9.17) is 9.90 Å². The molecule has 0 aliphatic heterocycles. The third kappa shape index (κ3) is 9.59. The van der Waals surface area contributed by atoms with E-state index < -0.39 is 47.1 Å². The quantitative estimate of drug-likeness (QED) is 0.259. The largest absolute Gasteiger partial charge is 0.490 e. The summed E-state index contributed by atoms with van der Waals surface area (Å²) >= 11 is 0. The van der Waals surface area contributed by atoms with Gasteiger partial charge in [0.15, 0.2) is 0 Å². The van der Waals surface area contributed by atoms with Gasteiger partial charge in [0.2, 0.25) is 5.95 Å². The molecular formula is C28H28F9N5O3. The Morgan fingerprint density at radius 1 is 0.822 bits per heavy atom. The van der Waals surface area contributed by atoms with Crippen LogP contribution in [0.3, 0.4) is 0 Å². The van der Waals surface area contributed by atoms with Crippen molar-refractivity contribution in [2.24, 2.45) is 0 Å². The summed E-state index contributed by atoms with van der Waals surface area (Å²) in [6.07, 6.45) is -12.9. The smallest absolute Gasteiger partial charge is 0.475 e. The predicted molar refractivity (Wildman–Crippen MR) is 146 cm³/mol. The van der Waals surface area contributed by atoms with Crippen molar-refractivity contribution < 1.29 is 54.2 Å². The Morgan fingerprint density at radius 2 is 1.33 bits per heavy atom. The normalized spacial score (nSPS) is 17.2. The van der Waals surface area contributed by atoms with Gasteiger partial charge in [-0.1, -0.05) is 11.6 Å². The van der Waals surface area contributed by atoms with Crippen LogP contribution >= 0.6 is 0 Å². The molecule has 1 amide bonds. The van der Waals surface area contributed by atoms with E-state index in [1.54, 1.807) is 0 Å². The number of benzene rings is 2. The minimum absolute atomic E-state index is 0.00535. The van der Waals surface area contributed by atoms with E-state index in [0.717, 1.165) is 22.3 Å². The second kappa shape index (κ2) is 13.4. The molecule has 0 saturated heterocycles. The molecule has 4 rings (SSSR count). The Kier molecular flexibility index (Phi) is 10.4. The van der Waals surface area contributed by atoms with Gasteiger partial charge in [0, 0.05) is 37.1 Å². The topological polar surface area (TPSA) is 107 Å². The van der Waals surface area contributed by atoms with Gasteiger partial charge in [-0.25, -0.2) is 9.78 Å². The number of carboxylic acid groups (broad SMARTS) is 1. The van der Waals surface area contributed by atoms with Crippen LogP contribution in [-0.2, 0) is 17.1 Å². The molecule has 45 heavy (non-hydrogen) atoms. The van der Waals surface area contributed by atoms with Crippen LogP contribution in [0.2, 0.25) is 0 Å². The van der Waals surface area contributed by atoms with Gasteiger partial charge in [-0.3, -0.25) is 4.79 Å². The average Bonchev–Trinajstić information content (AvgIpc) is 2.92. The Hall–Kier alpha value is -4.31. The molecule has 1 aliphatic rings.